The van der Waals surface area contributed by atoms with Crippen molar-refractivity contribution in [1.82, 2.24) is 0 Å². The summed E-state index contributed by atoms with van der Waals surface area (Å²) < 4.78 is 1.67. The van der Waals surface area contributed by atoms with Crippen molar-refractivity contribution in [3.8, 4) is 0 Å². The molecule has 0 spiro atoms. The lowest BCUT2D eigenvalue weighted by Gasteiger charge is -2.60. The molecule has 2 heteroatoms. The zero-order valence-corrected chi connectivity index (χ0v) is 35.0. The molecule has 296 valence electrons. The van der Waals surface area contributed by atoms with Crippen LogP contribution in [0.15, 0.2) is 0 Å². The molecule has 4 aliphatic rings. The number of hydrogen-bond donors (Lipinski definition) is 0. The van der Waals surface area contributed by atoms with Crippen molar-refractivity contribution in [3.63, 3.8) is 0 Å². The van der Waals surface area contributed by atoms with Gasteiger partial charge in [-0.2, -0.15) is 0 Å². The molecule has 4 rings (SSSR count). The van der Waals surface area contributed by atoms with Gasteiger partial charge in [-0.25, -0.2) is 0 Å². The summed E-state index contributed by atoms with van der Waals surface area (Å²) in [7, 11) is 0. The number of nitrogens with zero attached hydrogens (tertiary/aromatic N) is 1. The van der Waals surface area contributed by atoms with Crippen LogP contribution >= 0.6 is 0 Å². The average molecular weight is 719 g/mol. The minimum absolute atomic E-state index is 0. The van der Waals surface area contributed by atoms with Crippen LogP contribution < -0.4 is 12.4 Å². The minimum Gasteiger partial charge on any atom is -1.00 e. The zero-order valence-electron chi connectivity index (χ0n) is 34.2. The second-order valence-electron chi connectivity index (χ2n) is 18.5. The Labute approximate surface area is 322 Å². The number of rotatable bonds is 4. The van der Waals surface area contributed by atoms with Gasteiger partial charge in [0.2, 0.25) is 0 Å². The molecule has 0 unspecified atom stereocenters. The average Bonchev–Trinajstić information content (AvgIpc) is 3.08. The molecule has 0 aromatic heterocycles. The van der Waals surface area contributed by atoms with Crippen LogP contribution in [0.1, 0.15) is 283 Å². The third-order valence-electron chi connectivity index (χ3n) is 14.8. The van der Waals surface area contributed by atoms with Crippen LogP contribution in [-0.2, 0) is 0 Å². The van der Waals surface area contributed by atoms with Gasteiger partial charge in [0.15, 0.2) is 0 Å². The lowest BCUT2D eigenvalue weighted by Crippen LogP contribution is -3.00. The van der Waals surface area contributed by atoms with E-state index >= 15 is 0 Å². The van der Waals surface area contributed by atoms with E-state index in [1.807, 2.05) is 0 Å². The molecule has 1 nitrogen and oxygen atoms in total. The van der Waals surface area contributed by atoms with Crippen LogP contribution in [0.2, 0.25) is 0 Å². The molecule has 4 fully saturated rings. The van der Waals surface area contributed by atoms with Crippen molar-refractivity contribution in [3.05, 3.63) is 0 Å². The molecule has 50 heavy (non-hydrogen) atoms. The highest BCUT2D eigenvalue weighted by Crippen LogP contribution is 2.45. The third-order valence-corrected chi connectivity index (χ3v) is 14.8. The number of quaternary nitrogens is 1. The molecule has 0 aromatic rings. The van der Waals surface area contributed by atoms with E-state index in [-0.39, 0.29) is 12.4 Å². The van der Waals surface area contributed by atoms with E-state index in [9.17, 15) is 0 Å². The molecule has 0 heterocycles. The van der Waals surface area contributed by atoms with Crippen molar-refractivity contribution in [2.45, 2.75) is 307 Å². The first-order chi connectivity index (χ1) is 24.4. The summed E-state index contributed by atoms with van der Waals surface area (Å²) in [5.41, 5.74) is 0. The lowest BCUT2D eigenvalue weighted by molar-refractivity contribution is -1.02. The summed E-state index contributed by atoms with van der Waals surface area (Å²) in [5.74, 6) is 0. The Morgan fingerprint density at radius 2 is 0.260 bits per heavy atom. The summed E-state index contributed by atoms with van der Waals surface area (Å²) in [6, 6.07) is 3.81. The van der Waals surface area contributed by atoms with Crippen molar-refractivity contribution in [2.24, 2.45) is 0 Å². The first-order valence-electron chi connectivity index (χ1n) is 24.3. The molecule has 0 bridgehead atoms. The van der Waals surface area contributed by atoms with Crippen LogP contribution in [0.3, 0.4) is 0 Å². The number of halogens is 1. The Bertz CT molecular complexity index is 577. The van der Waals surface area contributed by atoms with E-state index < -0.39 is 0 Å². The fourth-order valence-corrected chi connectivity index (χ4v) is 12.1. The molecule has 0 atom stereocenters. The monoisotopic (exact) mass is 718 g/mol. The molecule has 0 amide bonds. The van der Waals surface area contributed by atoms with Gasteiger partial charge in [-0.15, -0.1) is 0 Å². The predicted molar refractivity (Wildman–Crippen MR) is 219 cm³/mol. The van der Waals surface area contributed by atoms with E-state index in [2.05, 4.69) is 0 Å². The predicted octanol–water partition coefficient (Wildman–Crippen LogP) is 13.5. The second kappa shape index (κ2) is 29.6. The van der Waals surface area contributed by atoms with E-state index in [0.717, 1.165) is 24.2 Å². The quantitative estimate of drug-likeness (QED) is 0.254. The summed E-state index contributed by atoms with van der Waals surface area (Å²) >= 11 is 0. The Hall–Kier alpha value is 0.250. The van der Waals surface area contributed by atoms with Crippen LogP contribution in [-0.4, -0.2) is 28.7 Å². The highest BCUT2D eigenvalue weighted by molar-refractivity contribution is 4.82. The van der Waals surface area contributed by atoms with Crippen LogP contribution in [0, 0.1) is 0 Å². The molecule has 4 aliphatic carbocycles. The second-order valence-corrected chi connectivity index (χ2v) is 18.5. The first kappa shape index (κ1) is 44.6. The molecule has 0 saturated heterocycles. The fourth-order valence-electron chi connectivity index (χ4n) is 12.1. The fraction of sp³-hybridized carbons (Fsp3) is 1.00. The number of hydrogen-bond acceptors (Lipinski definition) is 0. The molecule has 0 aliphatic heterocycles. The van der Waals surface area contributed by atoms with Gasteiger partial charge in [0.1, 0.15) is 0 Å². The maximum atomic E-state index is 1.67. The van der Waals surface area contributed by atoms with Crippen LogP contribution in [0.4, 0.5) is 0 Å². The minimum atomic E-state index is 0. The van der Waals surface area contributed by atoms with E-state index in [0.29, 0.717) is 0 Å². The Morgan fingerprint density at radius 1 is 0.160 bits per heavy atom. The van der Waals surface area contributed by atoms with Crippen molar-refractivity contribution >= 4 is 0 Å². The van der Waals surface area contributed by atoms with Gasteiger partial charge in [-0.3, -0.25) is 0 Å². The van der Waals surface area contributed by atoms with E-state index in [1.165, 1.54) is 231 Å². The maximum absolute atomic E-state index is 1.67. The zero-order chi connectivity index (χ0) is 33.9. The molecular formula is C48H92ClN. The summed E-state index contributed by atoms with van der Waals surface area (Å²) in [5, 5.41) is 0. The molecular weight excluding hydrogens is 626 g/mol. The van der Waals surface area contributed by atoms with Gasteiger partial charge in [0.05, 0.1) is 24.2 Å². The smallest absolute Gasteiger partial charge is 0.0896 e. The van der Waals surface area contributed by atoms with E-state index in [1.54, 1.807) is 55.8 Å². The van der Waals surface area contributed by atoms with Crippen molar-refractivity contribution in [1.29, 1.82) is 0 Å². The highest BCUT2D eigenvalue weighted by Gasteiger charge is 2.52. The normalized spacial score (nSPS) is 26.4. The summed E-state index contributed by atoms with van der Waals surface area (Å²) in [4.78, 5) is 0. The van der Waals surface area contributed by atoms with Crippen LogP contribution in [0.25, 0.3) is 0 Å². The molecule has 0 radical (unpaired) electrons. The maximum Gasteiger partial charge on any atom is 0.0896 e. The van der Waals surface area contributed by atoms with Crippen molar-refractivity contribution in [2.75, 3.05) is 0 Å². The lowest BCUT2D eigenvalue weighted by atomic mass is 9.80. The Balaban J connectivity index is 0.00000676. The molecule has 4 saturated carbocycles. The van der Waals surface area contributed by atoms with Crippen molar-refractivity contribution < 1.29 is 16.9 Å². The molecule has 0 aromatic carbocycles. The summed E-state index contributed by atoms with van der Waals surface area (Å²) in [6.07, 6.45) is 67.4. The van der Waals surface area contributed by atoms with Gasteiger partial charge in [-0.05, 0) is 103 Å². The SMILES string of the molecule is C1CCCCCC([N+](C2CCCCCCCCCCC2)(C2CCCCCCCCCCC2)C2CCCCCCCCCCC2)CCCCC1.[Cl-]. The first-order valence-corrected chi connectivity index (χ1v) is 24.3. The Morgan fingerprint density at radius 3 is 0.380 bits per heavy atom. The molecule has 0 N–H and O–H groups in total. The largest absolute Gasteiger partial charge is 1.00 e. The topological polar surface area (TPSA) is 0 Å². The van der Waals surface area contributed by atoms with Gasteiger partial charge in [0.25, 0.3) is 0 Å². The van der Waals surface area contributed by atoms with Crippen LogP contribution in [0.5, 0.6) is 0 Å². The summed E-state index contributed by atoms with van der Waals surface area (Å²) in [6.45, 7) is 0. The van der Waals surface area contributed by atoms with E-state index in [4.69, 9.17) is 0 Å². The van der Waals surface area contributed by atoms with Gasteiger partial charge < -0.3 is 16.9 Å². The van der Waals surface area contributed by atoms with Gasteiger partial charge in [-0.1, -0.05) is 180 Å². The Kier molecular flexibility index (Phi) is 26.4. The standard InChI is InChI=1S/C48H92N.ClH/c1-5-13-21-29-37-45(38-30-22-14-6-1)49(46-39-31-23-15-7-2-8-16-24-32-40-46,47-41-33-25-17-9-3-10-18-26-34-42-47)48-43-35-27-19-11-4-12-20-28-36-44-48;/h45-48H,1-44H2;1H/q+1;/p-1. The van der Waals surface area contributed by atoms with Gasteiger partial charge in [0, 0.05) is 0 Å². The third kappa shape index (κ3) is 16.7. The van der Waals surface area contributed by atoms with Gasteiger partial charge >= 0.3 is 0 Å². The highest BCUT2D eigenvalue weighted by atomic mass is 35.5.